The van der Waals surface area contributed by atoms with E-state index in [0.717, 1.165) is 10.9 Å². The van der Waals surface area contributed by atoms with Crippen LogP contribution in [0.4, 0.5) is 0 Å². The highest BCUT2D eigenvalue weighted by Crippen LogP contribution is 2.39. The van der Waals surface area contributed by atoms with Crippen molar-refractivity contribution >= 4 is 11.0 Å². The molecule has 0 unspecified atom stereocenters. The molecule has 1 aromatic heterocycles. The molecule has 2 aliphatic heterocycles. The second kappa shape index (κ2) is 7.89. The molecule has 2 aliphatic rings. The highest BCUT2D eigenvalue weighted by atomic mass is 16.7. The number of fused-ring (bicyclic) bond motifs is 2. The van der Waals surface area contributed by atoms with Gasteiger partial charge in [0.1, 0.15) is 52.5 Å². The molecule has 33 heavy (non-hydrogen) atoms. The maximum atomic E-state index is 10.3. The smallest absolute Gasteiger partial charge is 0.228 e. The Morgan fingerprint density at radius 1 is 0.970 bits per heavy atom. The third kappa shape index (κ3) is 4.03. The van der Waals surface area contributed by atoms with Crippen LogP contribution in [-0.4, -0.2) is 68.4 Å². The van der Waals surface area contributed by atoms with E-state index in [9.17, 15) is 25.5 Å². The number of aliphatic hydroxyl groups is 4. The molecule has 0 amide bonds. The van der Waals surface area contributed by atoms with Gasteiger partial charge in [0.15, 0.2) is 0 Å². The first-order valence-electron chi connectivity index (χ1n) is 10.7. The monoisotopic (exact) mass is 458 g/mol. The number of hydrogen-bond acceptors (Lipinski definition) is 9. The summed E-state index contributed by atoms with van der Waals surface area (Å²) in [4.78, 5) is 0. The van der Waals surface area contributed by atoms with E-state index in [1.165, 1.54) is 12.1 Å². The first kappa shape index (κ1) is 22.0. The van der Waals surface area contributed by atoms with Crippen LogP contribution in [0, 0.1) is 0 Å². The summed E-state index contributed by atoms with van der Waals surface area (Å²) >= 11 is 0. The van der Waals surface area contributed by atoms with Gasteiger partial charge in [-0.2, -0.15) is 0 Å². The summed E-state index contributed by atoms with van der Waals surface area (Å²) in [7, 11) is 0. The average molecular weight is 458 g/mol. The van der Waals surface area contributed by atoms with Crippen LogP contribution in [-0.2, 0) is 11.2 Å². The van der Waals surface area contributed by atoms with Crippen molar-refractivity contribution in [2.75, 3.05) is 6.61 Å². The third-order valence-corrected chi connectivity index (χ3v) is 6.17. The van der Waals surface area contributed by atoms with E-state index in [4.69, 9.17) is 18.6 Å². The van der Waals surface area contributed by atoms with Gasteiger partial charge in [0, 0.05) is 29.5 Å². The minimum absolute atomic E-state index is 0.0960. The molecule has 9 heteroatoms. The molecule has 5 N–H and O–H groups in total. The number of aromatic hydroxyl groups is 1. The number of rotatable bonds is 3. The van der Waals surface area contributed by atoms with E-state index >= 15 is 0 Å². The Morgan fingerprint density at radius 3 is 2.55 bits per heavy atom. The third-order valence-electron chi connectivity index (χ3n) is 6.17. The average Bonchev–Trinajstić information content (AvgIpc) is 3.16. The number of aliphatic hydroxyl groups excluding tert-OH is 4. The van der Waals surface area contributed by atoms with Crippen molar-refractivity contribution in [2.45, 2.75) is 56.6 Å². The number of benzene rings is 2. The van der Waals surface area contributed by atoms with Gasteiger partial charge in [0.25, 0.3) is 0 Å². The fourth-order valence-corrected chi connectivity index (χ4v) is 4.13. The molecule has 0 radical (unpaired) electrons. The maximum absolute atomic E-state index is 10.3. The summed E-state index contributed by atoms with van der Waals surface area (Å²) in [6.07, 6.45) is -5.46. The van der Waals surface area contributed by atoms with E-state index in [1.807, 2.05) is 26.0 Å². The summed E-state index contributed by atoms with van der Waals surface area (Å²) in [5.41, 5.74) is 1.28. The molecule has 3 heterocycles. The summed E-state index contributed by atoms with van der Waals surface area (Å²) in [5.74, 6) is 1.21. The van der Waals surface area contributed by atoms with Gasteiger partial charge in [0.05, 0.1) is 12.7 Å². The first-order chi connectivity index (χ1) is 15.6. The van der Waals surface area contributed by atoms with Crippen molar-refractivity contribution in [3.8, 4) is 28.6 Å². The van der Waals surface area contributed by atoms with Gasteiger partial charge in [-0.15, -0.1) is 0 Å². The van der Waals surface area contributed by atoms with E-state index in [0.29, 0.717) is 29.1 Å². The number of furan rings is 1. The quantitative estimate of drug-likeness (QED) is 0.396. The molecule has 0 bridgehead atoms. The molecular formula is C24H26O9. The van der Waals surface area contributed by atoms with Crippen LogP contribution in [0.1, 0.15) is 19.4 Å². The van der Waals surface area contributed by atoms with Crippen molar-refractivity contribution in [3.63, 3.8) is 0 Å². The Hall–Kier alpha value is -2.82. The zero-order chi connectivity index (χ0) is 23.5. The highest BCUT2D eigenvalue weighted by molar-refractivity contribution is 5.85. The van der Waals surface area contributed by atoms with Crippen LogP contribution in [0.5, 0.6) is 17.2 Å². The van der Waals surface area contributed by atoms with E-state index in [1.54, 1.807) is 12.1 Å². The minimum Gasteiger partial charge on any atom is -0.508 e. The van der Waals surface area contributed by atoms with E-state index < -0.39 is 36.3 Å². The molecule has 5 atom stereocenters. The minimum atomic E-state index is -1.46. The number of phenols is 1. The molecule has 5 rings (SSSR count). The van der Waals surface area contributed by atoms with Gasteiger partial charge in [-0.05, 0) is 43.7 Å². The lowest BCUT2D eigenvalue weighted by molar-refractivity contribution is -0.242. The normalized spacial score (nSPS) is 28.8. The fourth-order valence-electron chi connectivity index (χ4n) is 4.13. The first-order valence-corrected chi connectivity index (χ1v) is 10.7. The Labute approximate surface area is 189 Å². The SMILES string of the molecule is CC1(C)Oc2cc3oc(-c4cc(O)cc(O[C@@H]5OC[C@H](O)[C@@H](O)[C@H]5O)c4)cc3cc2C[C@H]1O. The van der Waals surface area contributed by atoms with Gasteiger partial charge in [0.2, 0.25) is 6.29 Å². The molecule has 176 valence electrons. The lowest BCUT2D eigenvalue weighted by Crippen LogP contribution is -2.54. The molecule has 1 fully saturated rings. The predicted octanol–water partition coefficient (Wildman–Crippen LogP) is 1.70. The van der Waals surface area contributed by atoms with Crippen molar-refractivity contribution in [1.29, 1.82) is 0 Å². The van der Waals surface area contributed by atoms with Crippen LogP contribution < -0.4 is 9.47 Å². The summed E-state index contributed by atoms with van der Waals surface area (Å²) < 4.78 is 22.9. The highest BCUT2D eigenvalue weighted by Gasteiger charge is 2.39. The molecule has 2 aromatic carbocycles. The predicted molar refractivity (Wildman–Crippen MR) is 116 cm³/mol. The molecule has 0 saturated carbocycles. The fraction of sp³-hybridized carbons (Fsp3) is 0.417. The van der Waals surface area contributed by atoms with Crippen LogP contribution in [0.25, 0.3) is 22.3 Å². The summed E-state index contributed by atoms with van der Waals surface area (Å²) in [6, 6.07) is 9.97. The zero-order valence-electron chi connectivity index (χ0n) is 18.1. The van der Waals surface area contributed by atoms with E-state index in [-0.39, 0.29) is 18.1 Å². The number of hydrogen-bond donors (Lipinski definition) is 5. The van der Waals surface area contributed by atoms with Gasteiger partial charge < -0.3 is 44.2 Å². The lowest BCUT2D eigenvalue weighted by atomic mass is 9.90. The van der Waals surface area contributed by atoms with Crippen LogP contribution in [0.3, 0.4) is 0 Å². The van der Waals surface area contributed by atoms with Crippen molar-refractivity contribution in [2.24, 2.45) is 0 Å². The molecule has 1 saturated heterocycles. The van der Waals surface area contributed by atoms with Gasteiger partial charge >= 0.3 is 0 Å². The van der Waals surface area contributed by atoms with Crippen LogP contribution in [0.2, 0.25) is 0 Å². The Kier molecular flexibility index (Phi) is 5.26. The lowest BCUT2D eigenvalue weighted by Gasteiger charge is -2.36. The molecular weight excluding hydrogens is 432 g/mol. The Bertz CT molecular complexity index is 1180. The molecule has 0 spiro atoms. The molecule has 9 nitrogen and oxygen atoms in total. The zero-order valence-corrected chi connectivity index (χ0v) is 18.1. The Morgan fingerprint density at radius 2 is 1.76 bits per heavy atom. The second-order valence-corrected chi connectivity index (χ2v) is 9.12. The maximum Gasteiger partial charge on any atom is 0.228 e. The number of phenolic OH excluding ortho intramolecular Hbond substituents is 1. The van der Waals surface area contributed by atoms with Crippen molar-refractivity contribution in [3.05, 3.63) is 42.0 Å². The second-order valence-electron chi connectivity index (χ2n) is 9.12. The van der Waals surface area contributed by atoms with E-state index in [2.05, 4.69) is 0 Å². The summed E-state index contributed by atoms with van der Waals surface area (Å²) in [5, 5.41) is 50.9. The Balaban J connectivity index is 1.45. The standard InChI is InChI=1S/C24H26O9/c1-24(2)20(27)7-12-3-11-6-17(32-18(11)9-19(12)33-24)13-4-14(25)8-15(5-13)31-23-22(29)21(28)16(26)10-30-23/h3-6,8-9,16,20-23,25-29H,7,10H2,1-2H3/t16-,20+,21+,22+,23-/m0/s1. The van der Waals surface area contributed by atoms with Gasteiger partial charge in [-0.25, -0.2) is 0 Å². The number of ether oxygens (including phenoxy) is 3. The summed E-state index contributed by atoms with van der Waals surface area (Å²) in [6.45, 7) is 3.47. The van der Waals surface area contributed by atoms with Crippen molar-refractivity contribution < 1.29 is 44.2 Å². The topological polar surface area (TPSA) is 142 Å². The van der Waals surface area contributed by atoms with Gasteiger partial charge in [-0.1, -0.05) is 0 Å². The largest absolute Gasteiger partial charge is 0.508 e. The van der Waals surface area contributed by atoms with Crippen molar-refractivity contribution in [1.82, 2.24) is 0 Å². The van der Waals surface area contributed by atoms with Crippen LogP contribution >= 0.6 is 0 Å². The molecule has 0 aliphatic carbocycles. The van der Waals surface area contributed by atoms with Gasteiger partial charge in [-0.3, -0.25) is 0 Å². The van der Waals surface area contributed by atoms with Crippen LogP contribution in [0.15, 0.2) is 40.8 Å². The molecule has 3 aromatic rings.